The molecule has 0 N–H and O–H groups in total. The van der Waals surface area contributed by atoms with E-state index in [4.69, 9.17) is 0 Å². The van der Waals surface area contributed by atoms with E-state index in [1.807, 2.05) is 0 Å². The average Bonchev–Trinajstić information content (AvgIpc) is 2.03. The van der Waals surface area contributed by atoms with Gasteiger partial charge in [0.2, 0.25) is 0 Å². The highest BCUT2D eigenvalue weighted by molar-refractivity contribution is 7.41. The summed E-state index contributed by atoms with van der Waals surface area (Å²) >= 11 is 0. The van der Waals surface area contributed by atoms with Gasteiger partial charge in [-0.2, -0.15) is 0 Å². The van der Waals surface area contributed by atoms with Crippen LogP contribution in [0.5, 0.6) is 0 Å². The van der Waals surface area contributed by atoms with Crippen molar-refractivity contribution >= 4 is 8.58 Å². The zero-order valence-electron chi connectivity index (χ0n) is 7.84. The lowest BCUT2D eigenvalue weighted by atomic mass is 10.2. The number of allylic oxidation sites excluding steroid dienone is 1. The fraction of sp³-hybridized carbons (Fsp3) is 0.800. The molecule has 0 fully saturated rings. The summed E-state index contributed by atoms with van der Waals surface area (Å²) in [4.78, 5) is 0. The molecule has 0 rings (SSSR count). The van der Waals surface area contributed by atoms with E-state index >= 15 is 0 Å². The predicted octanol–water partition coefficient (Wildman–Crippen LogP) is 4.44. The van der Waals surface area contributed by atoms with Crippen LogP contribution in [0.2, 0.25) is 0 Å². The second-order valence-electron chi connectivity index (χ2n) is 2.76. The third-order valence-electron chi connectivity index (χ3n) is 1.59. The molecule has 0 aliphatic heterocycles. The van der Waals surface area contributed by atoms with Crippen molar-refractivity contribution in [2.24, 2.45) is 0 Å². The Kier molecular flexibility index (Phi) is 10.3. The lowest BCUT2D eigenvalue weighted by Crippen LogP contribution is -1.76. The van der Waals surface area contributed by atoms with Crippen molar-refractivity contribution < 1.29 is 0 Å². The second kappa shape index (κ2) is 10.2. The van der Waals surface area contributed by atoms with Crippen LogP contribution in [0.15, 0.2) is 11.9 Å². The summed E-state index contributed by atoms with van der Waals surface area (Å²) in [5, 5.41) is 0. The molecule has 0 saturated heterocycles. The van der Waals surface area contributed by atoms with E-state index in [1.54, 1.807) is 0 Å². The third-order valence-corrected chi connectivity index (χ3v) is 2.58. The van der Waals surface area contributed by atoms with Crippen LogP contribution in [0, 0.1) is 0 Å². The quantitative estimate of drug-likeness (QED) is 0.392. The SMILES string of the molecule is CCC=C[P]CCCCCC. The first kappa shape index (κ1) is 11.2. The van der Waals surface area contributed by atoms with Crippen LogP contribution < -0.4 is 0 Å². The van der Waals surface area contributed by atoms with Gasteiger partial charge in [0.1, 0.15) is 0 Å². The minimum atomic E-state index is 1.18. The first-order valence-electron chi connectivity index (χ1n) is 4.73. The standard InChI is InChI=1S/C10H20P/c1-3-5-7-8-10-11-9-6-4-2/h6,9H,3-5,7-8,10H2,1-2H3. The molecule has 0 aromatic heterocycles. The van der Waals surface area contributed by atoms with Crippen LogP contribution in [0.3, 0.4) is 0 Å². The highest BCUT2D eigenvalue weighted by Crippen LogP contribution is 2.15. The Labute approximate surface area is 73.2 Å². The second-order valence-corrected chi connectivity index (χ2v) is 3.87. The van der Waals surface area contributed by atoms with Gasteiger partial charge in [0.25, 0.3) is 0 Å². The molecular weight excluding hydrogens is 151 g/mol. The number of hydrogen-bond acceptors (Lipinski definition) is 0. The Hall–Kier alpha value is 0.170. The highest BCUT2D eigenvalue weighted by atomic mass is 31.1. The van der Waals surface area contributed by atoms with E-state index in [2.05, 4.69) is 25.7 Å². The molecule has 0 aliphatic rings. The Morgan fingerprint density at radius 1 is 1.09 bits per heavy atom. The number of unbranched alkanes of at least 4 members (excludes halogenated alkanes) is 3. The topological polar surface area (TPSA) is 0 Å². The molecule has 0 aliphatic carbocycles. The van der Waals surface area contributed by atoms with Gasteiger partial charge in [0.15, 0.2) is 0 Å². The summed E-state index contributed by atoms with van der Waals surface area (Å²) in [5.41, 5.74) is 0. The summed E-state index contributed by atoms with van der Waals surface area (Å²) in [6, 6.07) is 0. The van der Waals surface area contributed by atoms with E-state index in [-0.39, 0.29) is 0 Å². The van der Waals surface area contributed by atoms with Gasteiger partial charge in [-0.15, -0.1) is 0 Å². The van der Waals surface area contributed by atoms with E-state index in [0.717, 1.165) is 0 Å². The zero-order valence-corrected chi connectivity index (χ0v) is 8.74. The molecule has 1 radical (unpaired) electrons. The van der Waals surface area contributed by atoms with Gasteiger partial charge >= 0.3 is 0 Å². The van der Waals surface area contributed by atoms with Crippen molar-refractivity contribution in [3.63, 3.8) is 0 Å². The smallest absolute Gasteiger partial charge is 0.0250 e. The van der Waals surface area contributed by atoms with E-state index in [0.29, 0.717) is 0 Å². The van der Waals surface area contributed by atoms with Gasteiger partial charge in [-0.25, -0.2) is 0 Å². The molecular formula is C10H20P. The first-order chi connectivity index (χ1) is 5.41. The maximum absolute atomic E-state index is 2.28. The number of rotatable bonds is 7. The predicted molar refractivity (Wildman–Crippen MR) is 55.4 cm³/mol. The normalized spacial score (nSPS) is 12.2. The summed E-state index contributed by atoms with van der Waals surface area (Å²) in [7, 11) is 1.51. The van der Waals surface area contributed by atoms with Gasteiger partial charge < -0.3 is 0 Å². The summed E-state index contributed by atoms with van der Waals surface area (Å²) in [6.07, 6.45) is 10.4. The molecule has 0 heterocycles. The Morgan fingerprint density at radius 3 is 2.55 bits per heavy atom. The maximum atomic E-state index is 2.28. The van der Waals surface area contributed by atoms with Crippen LogP contribution in [0.1, 0.15) is 46.0 Å². The molecule has 0 aromatic carbocycles. The highest BCUT2D eigenvalue weighted by Gasteiger charge is 1.85. The van der Waals surface area contributed by atoms with Crippen LogP contribution in [-0.2, 0) is 0 Å². The molecule has 0 atom stereocenters. The maximum Gasteiger partial charge on any atom is -0.0250 e. The number of hydrogen-bond donors (Lipinski definition) is 0. The van der Waals surface area contributed by atoms with Crippen LogP contribution in [0.25, 0.3) is 0 Å². The van der Waals surface area contributed by atoms with Crippen LogP contribution in [0.4, 0.5) is 0 Å². The minimum absolute atomic E-state index is 1.18. The van der Waals surface area contributed by atoms with E-state index in [1.165, 1.54) is 46.8 Å². The van der Waals surface area contributed by atoms with Gasteiger partial charge in [-0.1, -0.05) is 53.6 Å². The molecule has 11 heavy (non-hydrogen) atoms. The molecule has 0 aromatic rings. The minimum Gasteiger partial charge on any atom is -0.0840 e. The van der Waals surface area contributed by atoms with Crippen molar-refractivity contribution in [3.05, 3.63) is 11.9 Å². The fourth-order valence-corrected chi connectivity index (χ4v) is 1.80. The van der Waals surface area contributed by atoms with Crippen molar-refractivity contribution in [2.45, 2.75) is 46.0 Å². The first-order valence-corrected chi connectivity index (χ1v) is 5.88. The van der Waals surface area contributed by atoms with Gasteiger partial charge in [0, 0.05) is 0 Å². The Bertz CT molecular complexity index is 86.9. The molecule has 0 unspecified atom stereocenters. The zero-order chi connectivity index (χ0) is 8.36. The monoisotopic (exact) mass is 171 g/mol. The van der Waals surface area contributed by atoms with Gasteiger partial charge in [-0.3, -0.25) is 0 Å². The molecule has 1 heteroatoms. The van der Waals surface area contributed by atoms with E-state index < -0.39 is 0 Å². The van der Waals surface area contributed by atoms with Crippen molar-refractivity contribution in [1.29, 1.82) is 0 Å². The molecule has 0 amide bonds. The summed E-state index contributed by atoms with van der Waals surface area (Å²) < 4.78 is 0. The van der Waals surface area contributed by atoms with Crippen LogP contribution in [-0.4, -0.2) is 6.16 Å². The molecule has 0 bridgehead atoms. The molecule has 65 valence electrons. The average molecular weight is 171 g/mol. The Morgan fingerprint density at radius 2 is 1.91 bits per heavy atom. The molecule has 0 saturated carbocycles. The molecule has 0 spiro atoms. The van der Waals surface area contributed by atoms with Gasteiger partial charge in [-0.05, 0) is 19.0 Å². The summed E-state index contributed by atoms with van der Waals surface area (Å²) in [6.45, 7) is 4.44. The van der Waals surface area contributed by atoms with E-state index in [9.17, 15) is 0 Å². The van der Waals surface area contributed by atoms with Crippen molar-refractivity contribution in [3.8, 4) is 0 Å². The van der Waals surface area contributed by atoms with Crippen molar-refractivity contribution in [2.75, 3.05) is 6.16 Å². The third kappa shape index (κ3) is 10.2. The Balaban J connectivity index is 2.85. The van der Waals surface area contributed by atoms with Crippen molar-refractivity contribution in [1.82, 2.24) is 0 Å². The van der Waals surface area contributed by atoms with Gasteiger partial charge in [0.05, 0.1) is 0 Å². The fourth-order valence-electron chi connectivity index (χ4n) is 0.884. The summed E-state index contributed by atoms with van der Waals surface area (Å²) in [5.74, 6) is 2.28. The lowest BCUT2D eigenvalue weighted by molar-refractivity contribution is 0.706. The largest absolute Gasteiger partial charge is 0.0840 e. The van der Waals surface area contributed by atoms with Crippen LogP contribution >= 0.6 is 8.58 Å². The molecule has 0 nitrogen and oxygen atoms in total. The lowest BCUT2D eigenvalue weighted by Gasteiger charge is -1.94.